The average Bonchev–Trinajstić information content (AvgIpc) is 3.12. The lowest BCUT2D eigenvalue weighted by atomic mass is 10.0. The lowest BCUT2D eigenvalue weighted by Gasteiger charge is -2.20. The van der Waals surface area contributed by atoms with Crippen molar-refractivity contribution in [2.45, 2.75) is 51.6 Å². The van der Waals surface area contributed by atoms with E-state index in [-0.39, 0.29) is 0 Å². The molecule has 0 aromatic heterocycles. The van der Waals surface area contributed by atoms with Crippen LogP contribution in [0.15, 0.2) is 18.2 Å². The lowest BCUT2D eigenvalue weighted by molar-refractivity contribution is 0.326. The Morgan fingerprint density at radius 1 is 1.28 bits per heavy atom. The SMILES string of the molecule is CCc1cccc(C)c1NC1CCN(C2CC2)C1. The summed E-state index contributed by atoms with van der Waals surface area (Å²) >= 11 is 0. The zero-order chi connectivity index (χ0) is 12.5. The maximum Gasteiger partial charge on any atom is 0.0404 e. The van der Waals surface area contributed by atoms with E-state index in [1.54, 1.807) is 0 Å². The molecule has 1 unspecified atom stereocenters. The Balaban J connectivity index is 1.69. The first kappa shape index (κ1) is 12.0. The maximum atomic E-state index is 3.80. The van der Waals surface area contributed by atoms with Gasteiger partial charge in [-0.2, -0.15) is 0 Å². The molecule has 1 aromatic carbocycles. The third kappa shape index (κ3) is 2.39. The van der Waals surface area contributed by atoms with Crippen molar-refractivity contribution in [1.29, 1.82) is 0 Å². The van der Waals surface area contributed by atoms with Crippen molar-refractivity contribution in [2.75, 3.05) is 18.4 Å². The summed E-state index contributed by atoms with van der Waals surface area (Å²) in [5, 5.41) is 3.80. The summed E-state index contributed by atoms with van der Waals surface area (Å²) in [5.74, 6) is 0. The van der Waals surface area contributed by atoms with Crippen molar-refractivity contribution >= 4 is 5.69 Å². The molecule has 98 valence electrons. The van der Waals surface area contributed by atoms with Crippen LogP contribution in [-0.2, 0) is 6.42 Å². The van der Waals surface area contributed by atoms with Crippen molar-refractivity contribution in [1.82, 2.24) is 4.90 Å². The highest BCUT2D eigenvalue weighted by atomic mass is 15.2. The number of rotatable bonds is 4. The van der Waals surface area contributed by atoms with Gasteiger partial charge in [-0.25, -0.2) is 0 Å². The Labute approximate surface area is 110 Å². The molecule has 2 fully saturated rings. The van der Waals surface area contributed by atoms with Crippen molar-refractivity contribution in [2.24, 2.45) is 0 Å². The molecule has 1 aliphatic carbocycles. The highest BCUT2D eigenvalue weighted by molar-refractivity contribution is 5.58. The second-order valence-electron chi connectivity index (χ2n) is 5.82. The summed E-state index contributed by atoms with van der Waals surface area (Å²) in [4.78, 5) is 2.67. The standard InChI is InChI=1S/C16H24N2/c1-3-13-6-4-5-12(2)16(13)17-14-9-10-18(11-14)15-7-8-15/h4-6,14-15,17H,3,7-11H2,1-2H3. The van der Waals surface area contributed by atoms with Crippen LogP contribution in [0.5, 0.6) is 0 Å². The van der Waals surface area contributed by atoms with E-state index < -0.39 is 0 Å². The van der Waals surface area contributed by atoms with Crippen molar-refractivity contribution in [3.63, 3.8) is 0 Å². The Morgan fingerprint density at radius 2 is 2.11 bits per heavy atom. The quantitative estimate of drug-likeness (QED) is 0.875. The summed E-state index contributed by atoms with van der Waals surface area (Å²) in [6, 6.07) is 8.21. The minimum Gasteiger partial charge on any atom is -0.381 e. The maximum absolute atomic E-state index is 3.80. The van der Waals surface area contributed by atoms with E-state index >= 15 is 0 Å². The van der Waals surface area contributed by atoms with Crippen LogP contribution < -0.4 is 5.32 Å². The van der Waals surface area contributed by atoms with Crippen molar-refractivity contribution in [3.05, 3.63) is 29.3 Å². The fourth-order valence-corrected chi connectivity index (χ4v) is 3.11. The number of hydrogen-bond acceptors (Lipinski definition) is 2. The molecule has 18 heavy (non-hydrogen) atoms. The van der Waals surface area contributed by atoms with Gasteiger partial charge in [-0.05, 0) is 43.7 Å². The van der Waals surface area contributed by atoms with Crippen LogP contribution in [0.1, 0.15) is 37.3 Å². The molecular formula is C16H24N2. The van der Waals surface area contributed by atoms with E-state index in [9.17, 15) is 0 Å². The molecule has 0 radical (unpaired) electrons. The monoisotopic (exact) mass is 244 g/mol. The van der Waals surface area contributed by atoms with Gasteiger partial charge in [0.1, 0.15) is 0 Å². The number of likely N-dealkylation sites (tertiary alicyclic amines) is 1. The number of nitrogens with one attached hydrogen (secondary N) is 1. The van der Waals surface area contributed by atoms with E-state index in [1.807, 2.05) is 0 Å². The van der Waals surface area contributed by atoms with Gasteiger partial charge in [0.25, 0.3) is 0 Å². The molecule has 0 bridgehead atoms. The molecule has 1 N–H and O–H groups in total. The normalized spacial score (nSPS) is 24.4. The van der Waals surface area contributed by atoms with Gasteiger partial charge in [0.05, 0.1) is 0 Å². The lowest BCUT2D eigenvalue weighted by Crippen LogP contribution is -2.28. The number of para-hydroxylation sites is 1. The van der Waals surface area contributed by atoms with Crippen LogP contribution in [0.3, 0.4) is 0 Å². The van der Waals surface area contributed by atoms with Gasteiger partial charge in [-0.1, -0.05) is 25.1 Å². The number of nitrogens with zero attached hydrogens (tertiary/aromatic N) is 1. The molecule has 1 saturated heterocycles. The van der Waals surface area contributed by atoms with Gasteiger partial charge in [-0.15, -0.1) is 0 Å². The van der Waals surface area contributed by atoms with E-state index in [1.165, 1.54) is 49.2 Å². The van der Waals surface area contributed by atoms with Gasteiger partial charge < -0.3 is 5.32 Å². The summed E-state index contributed by atoms with van der Waals surface area (Å²) in [5.41, 5.74) is 4.24. The molecule has 1 aromatic rings. The Kier molecular flexibility index (Phi) is 3.29. The van der Waals surface area contributed by atoms with Crippen molar-refractivity contribution in [3.8, 4) is 0 Å². The van der Waals surface area contributed by atoms with Crippen LogP contribution in [0.25, 0.3) is 0 Å². The van der Waals surface area contributed by atoms with Gasteiger partial charge in [0.2, 0.25) is 0 Å². The zero-order valence-corrected chi connectivity index (χ0v) is 11.6. The fraction of sp³-hybridized carbons (Fsp3) is 0.625. The number of hydrogen-bond donors (Lipinski definition) is 1. The number of benzene rings is 1. The van der Waals surface area contributed by atoms with Crippen LogP contribution in [-0.4, -0.2) is 30.1 Å². The minimum absolute atomic E-state index is 0.650. The largest absolute Gasteiger partial charge is 0.381 e. The second-order valence-corrected chi connectivity index (χ2v) is 5.82. The molecule has 1 atom stereocenters. The molecule has 2 nitrogen and oxygen atoms in total. The average molecular weight is 244 g/mol. The van der Waals surface area contributed by atoms with Crippen LogP contribution in [0.4, 0.5) is 5.69 Å². The Bertz CT molecular complexity index is 423. The first-order valence-corrected chi connectivity index (χ1v) is 7.37. The summed E-state index contributed by atoms with van der Waals surface area (Å²) < 4.78 is 0. The smallest absolute Gasteiger partial charge is 0.0404 e. The molecule has 1 heterocycles. The first-order valence-electron chi connectivity index (χ1n) is 7.37. The highest BCUT2D eigenvalue weighted by Crippen LogP contribution is 2.31. The van der Waals surface area contributed by atoms with Crippen LogP contribution >= 0.6 is 0 Å². The highest BCUT2D eigenvalue weighted by Gasteiger charge is 2.34. The molecular weight excluding hydrogens is 220 g/mol. The Hall–Kier alpha value is -1.02. The van der Waals surface area contributed by atoms with Crippen LogP contribution in [0.2, 0.25) is 0 Å². The third-order valence-corrected chi connectivity index (χ3v) is 4.37. The van der Waals surface area contributed by atoms with Gasteiger partial charge in [0.15, 0.2) is 0 Å². The van der Waals surface area contributed by atoms with Gasteiger partial charge >= 0.3 is 0 Å². The topological polar surface area (TPSA) is 15.3 Å². The second kappa shape index (κ2) is 4.93. The predicted molar refractivity (Wildman–Crippen MR) is 77.2 cm³/mol. The summed E-state index contributed by atoms with van der Waals surface area (Å²) in [6.45, 7) is 6.98. The summed E-state index contributed by atoms with van der Waals surface area (Å²) in [6.07, 6.45) is 5.27. The number of aryl methyl sites for hydroxylation is 2. The first-order chi connectivity index (χ1) is 8.78. The Morgan fingerprint density at radius 3 is 2.83 bits per heavy atom. The fourth-order valence-electron chi connectivity index (χ4n) is 3.11. The van der Waals surface area contributed by atoms with Crippen LogP contribution in [0, 0.1) is 6.92 Å². The van der Waals surface area contributed by atoms with E-state index in [4.69, 9.17) is 0 Å². The molecule has 2 aliphatic rings. The predicted octanol–water partition coefficient (Wildman–Crippen LogP) is 3.21. The molecule has 0 amide bonds. The molecule has 1 saturated carbocycles. The minimum atomic E-state index is 0.650. The number of anilines is 1. The van der Waals surface area contributed by atoms with Gasteiger partial charge in [-0.3, -0.25) is 4.90 Å². The van der Waals surface area contributed by atoms with E-state index in [2.05, 4.69) is 42.3 Å². The third-order valence-electron chi connectivity index (χ3n) is 4.37. The molecule has 2 heteroatoms. The van der Waals surface area contributed by atoms with E-state index in [0.29, 0.717) is 6.04 Å². The molecule has 1 aliphatic heterocycles. The molecule has 3 rings (SSSR count). The summed E-state index contributed by atoms with van der Waals surface area (Å²) in [7, 11) is 0. The zero-order valence-electron chi connectivity index (χ0n) is 11.6. The van der Waals surface area contributed by atoms with Crippen molar-refractivity contribution < 1.29 is 0 Å². The van der Waals surface area contributed by atoms with E-state index in [0.717, 1.165) is 12.5 Å². The van der Waals surface area contributed by atoms with Gasteiger partial charge in [0, 0.05) is 30.9 Å². The molecule has 0 spiro atoms.